The Balaban J connectivity index is 1.77. The molecule has 0 radical (unpaired) electrons. The number of phenolic OH excluding ortho intramolecular Hbond substituents is 1. The topological polar surface area (TPSA) is 101 Å². The average molecular weight is 350 g/mol. The van der Waals surface area contributed by atoms with Gasteiger partial charge < -0.3 is 5.11 Å². The Morgan fingerprint density at radius 2 is 1.88 bits per heavy atom. The summed E-state index contributed by atoms with van der Waals surface area (Å²) in [7, 11) is 0. The minimum absolute atomic E-state index is 0.0299. The van der Waals surface area contributed by atoms with Crippen molar-refractivity contribution < 1.29 is 10.0 Å². The monoisotopic (exact) mass is 350 g/mol. The van der Waals surface area contributed by atoms with Gasteiger partial charge in [0.05, 0.1) is 10.4 Å². The first-order chi connectivity index (χ1) is 12.1. The molecule has 7 nitrogen and oxygen atoms in total. The molecule has 1 heterocycles. The summed E-state index contributed by atoms with van der Waals surface area (Å²) in [6, 6.07) is 15.3. The van der Waals surface area contributed by atoms with Crippen LogP contribution in [0.3, 0.4) is 0 Å². The van der Waals surface area contributed by atoms with Gasteiger partial charge in [-0.05, 0) is 29.1 Å². The number of benzene rings is 3. The van der Waals surface area contributed by atoms with Crippen molar-refractivity contribution >= 4 is 49.6 Å². The number of nitro benzene ring substituents is 1. The zero-order chi connectivity index (χ0) is 17.4. The summed E-state index contributed by atoms with van der Waals surface area (Å²) in [5, 5.41) is 32.1. The lowest BCUT2D eigenvalue weighted by Gasteiger charge is -2.02. The first-order valence-corrected chi connectivity index (χ1v) is 8.07. The summed E-state index contributed by atoms with van der Waals surface area (Å²) in [6.45, 7) is 0. The molecular weight excluding hydrogens is 340 g/mol. The molecule has 0 unspecified atom stereocenters. The Labute approximate surface area is 145 Å². The number of aromatic hydroxyl groups is 1. The van der Waals surface area contributed by atoms with E-state index in [4.69, 9.17) is 0 Å². The largest absolute Gasteiger partial charge is 0.505 e. The molecule has 122 valence electrons. The van der Waals surface area contributed by atoms with Gasteiger partial charge in [-0.3, -0.25) is 10.1 Å². The number of phenols is 1. The van der Waals surface area contributed by atoms with Crippen LogP contribution in [0, 0.1) is 10.1 Å². The third-order valence-electron chi connectivity index (χ3n) is 3.78. The summed E-state index contributed by atoms with van der Waals surface area (Å²) in [5.41, 5.74) is 0.913. The van der Waals surface area contributed by atoms with E-state index in [1.165, 1.54) is 12.1 Å². The van der Waals surface area contributed by atoms with Crippen molar-refractivity contribution in [2.75, 3.05) is 0 Å². The van der Waals surface area contributed by atoms with Crippen LogP contribution in [0.1, 0.15) is 0 Å². The van der Waals surface area contributed by atoms with Crippen molar-refractivity contribution in [3.8, 4) is 5.75 Å². The minimum atomic E-state index is -0.465. The van der Waals surface area contributed by atoms with E-state index in [0.29, 0.717) is 27.0 Å². The predicted octanol–water partition coefficient (Wildman–Crippen LogP) is 5.48. The van der Waals surface area contributed by atoms with Gasteiger partial charge >= 0.3 is 0 Å². The smallest absolute Gasteiger partial charge is 0.270 e. The highest BCUT2D eigenvalue weighted by Gasteiger charge is 2.12. The van der Waals surface area contributed by atoms with Crippen LogP contribution in [0.4, 0.5) is 16.4 Å². The molecule has 4 aromatic rings. The van der Waals surface area contributed by atoms with Crippen LogP contribution in [0.5, 0.6) is 5.75 Å². The molecule has 25 heavy (non-hydrogen) atoms. The molecule has 0 bridgehead atoms. The van der Waals surface area contributed by atoms with Crippen LogP contribution in [-0.4, -0.2) is 14.4 Å². The fraction of sp³-hybridized carbons (Fsp3) is 0. The highest BCUT2D eigenvalue weighted by molar-refractivity contribution is 7.11. The molecule has 8 heteroatoms. The van der Waals surface area contributed by atoms with Crippen LogP contribution in [-0.2, 0) is 0 Å². The van der Waals surface area contributed by atoms with Crippen LogP contribution in [0.25, 0.3) is 21.7 Å². The second-order valence-electron chi connectivity index (χ2n) is 5.30. The van der Waals surface area contributed by atoms with Gasteiger partial charge in [-0.1, -0.05) is 30.3 Å². The quantitative estimate of drug-likeness (QED) is 0.300. The predicted molar refractivity (Wildman–Crippen MR) is 96.1 cm³/mol. The Kier molecular flexibility index (Phi) is 3.58. The van der Waals surface area contributed by atoms with Crippen molar-refractivity contribution in [1.29, 1.82) is 0 Å². The van der Waals surface area contributed by atoms with Gasteiger partial charge in [0.2, 0.25) is 0 Å². The molecule has 1 N–H and O–H groups in total. The third kappa shape index (κ3) is 2.68. The molecule has 1 aromatic heterocycles. The van der Waals surface area contributed by atoms with Crippen molar-refractivity contribution in [3.05, 3.63) is 64.7 Å². The number of rotatable bonds is 3. The fourth-order valence-electron chi connectivity index (χ4n) is 2.53. The van der Waals surface area contributed by atoms with Crippen molar-refractivity contribution in [1.82, 2.24) is 4.37 Å². The van der Waals surface area contributed by atoms with Crippen LogP contribution in [0.2, 0.25) is 0 Å². The molecule has 0 amide bonds. The SMILES string of the molecule is O=[N+]([O-])c1ccc2nsc(N=Nc3ccc4ccccc4c3O)c2c1. The highest BCUT2D eigenvalue weighted by atomic mass is 32.1. The molecule has 0 saturated carbocycles. The van der Waals surface area contributed by atoms with E-state index in [0.717, 1.165) is 16.9 Å². The van der Waals surface area contributed by atoms with Gasteiger partial charge in [0.15, 0.2) is 10.8 Å². The molecule has 0 aliphatic rings. The maximum atomic E-state index is 10.9. The lowest BCUT2D eigenvalue weighted by atomic mass is 10.1. The lowest BCUT2D eigenvalue weighted by Crippen LogP contribution is -1.86. The Morgan fingerprint density at radius 1 is 1.04 bits per heavy atom. The van der Waals surface area contributed by atoms with E-state index in [1.807, 2.05) is 24.3 Å². The van der Waals surface area contributed by atoms with Crippen molar-refractivity contribution in [3.63, 3.8) is 0 Å². The van der Waals surface area contributed by atoms with Crippen LogP contribution >= 0.6 is 11.5 Å². The van der Waals surface area contributed by atoms with E-state index in [9.17, 15) is 15.2 Å². The summed E-state index contributed by atoms with van der Waals surface area (Å²) in [6.07, 6.45) is 0. The standard InChI is InChI=1S/C17H10N4O3S/c22-16-12-4-2-1-3-10(12)5-7-15(16)18-19-17-13-9-11(21(23)24)6-8-14(13)20-25-17/h1-9,22H. The maximum Gasteiger partial charge on any atom is 0.270 e. The van der Waals surface area contributed by atoms with E-state index in [1.54, 1.807) is 18.2 Å². The van der Waals surface area contributed by atoms with E-state index < -0.39 is 4.92 Å². The molecule has 0 spiro atoms. The van der Waals surface area contributed by atoms with Crippen LogP contribution < -0.4 is 0 Å². The van der Waals surface area contributed by atoms with E-state index >= 15 is 0 Å². The van der Waals surface area contributed by atoms with Crippen molar-refractivity contribution in [2.45, 2.75) is 0 Å². The summed E-state index contributed by atoms with van der Waals surface area (Å²) in [5.74, 6) is 0.0432. The highest BCUT2D eigenvalue weighted by Crippen LogP contribution is 2.38. The molecule has 4 rings (SSSR count). The molecule has 0 aliphatic heterocycles. The van der Waals surface area contributed by atoms with Gasteiger partial charge in [0, 0.05) is 22.9 Å². The number of nitro groups is 1. The molecule has 0 saturated heterocycles. The summed E-state index contributed by atoms with van der Waals surface area (Å²) < 4.78 is 4.21. The number of fused-ring (bicyclic) bond motifs is 2. The zero-order valence-electron chi connectivity index (χ0n) is 12.7. The first-order valence-electron chi connectivity index (χ1n) is 7.30. The van der Waals surface area contributed by atoms with Gasteiger partial charge in [0.25, 0.3) is 5.69 Å². The number of hydrogen-bond donors (Lipinski definition) is 1. The summed E-state index contributed by atoms with van der Waals surface area (Å²) >= 11 is 1.10. The Morgan fingerprint density at radius 3 is 2.72 bits per heavy atom. The molecular formula is C17H10N4O3S. The third-order valence-corrected chi connectivity index (χ3v) is 4.54. The van der Waals surface area contributed by atoms with Crippen molar-refractivity contribution in [2.24, 2.45) is 10.2 Å². The molecule has 0 atom stereocenters. The number of aromatic nitrogens is 1. The lowest BCUT2D eigenvalue weighted by molar-refractivity contribution is -0.384. The van der Waals surface area contributed by atoms with Gasteiger partial charge in [-0.15, -0.1) is 10.2 Å². The van der Waals surface area contributed by atoms with Gasteiger partial charge in [0.1, 0.15) is 5.69 Å². The Bertz CT molecular complexity index is 1150. The second kappa shape index (κ2) is 5.91. The Hall–Kier alpha value is -3.39. The number of azo groups is 1. The van der Waals surface area contributed by atoms with Gasteiger partial charge in [-0.2, -0.15) is 4.37 Å². The average Bonchev–Trinajstić information content (AvgIpc) is 3.03. The maximum absolute atomic E-state index is 10.9. The number of non-ortho nitro benzene ring substituents is 1. The number of hydrogen-bond acceptors (Lipinski definition) is 7. The number of nitrogens with zero attached hydrogens (tertiary/aromatic N) is 4. The first kappa shape index (κ1) is 15.2. The zero-order valence-corrected chi connectivity index (χ0v) is 13.5. The summed E-state index contributed by atoms with van der Waals surface area (Å²) in [4.78, 5) is 10.5. The van der Waals surface area contributed by atoms with E-state index in [2.05, 4.69) is 14.6 Å². The second-order valence-corrected chi connectivity index (χ2v) is 6.05. The molecule has 0 fully saturated rings. The van der Waals surface area contributed by atoms with E-state index in [-0.39, 0.29) is 11.4 Å². The normalized spacial score (nSPS) is 11.5. The molecule has 0 aliphatic carbocycles. The molecule has 3 aromatic carbocycles. The van der Waals surface area contributed by atoms with Crippen LogP contribution in [0.15, 0.2) is 64.8 Å². The fourth-order valence-corrected chi connectivity index (χ4v) is 3.21. The van der Waals surface area contributed by atoms with Gasteiger partial charge in [-0.25, -0.2) is 0 Å². The minimum Gasteiger partial charge on any atom is -0.505 e.